The maximum Gasteiger partial charge on any atom is 0.352 e. The highest BCUT2D eigenvalue weighted by atomic mass is 79.9. The van der Waals surface area contributed by atoms with Crippen molar-refractivity contribution in [2.24, 2.45) is 11.7 Å². The second-order valence-electron chi connectivity index (χ2n) is 2.82. The number of carbonyl (C=O) groups excluding carboxylic acids is 1. The number of carbonyl (C=O) groups is 1. The molecule has 0 bridgehead atoms. The van der Waals surface area contributed by atoms with Gasteiger partial charge in [0.25, 0.3) is 0 Å². The molecule has 0 saturated heterocycles. The van der Waals surface area contributed by atoms with E-state index in [1.54, 1.807) is 11.8 Å². The first-order chi connectivity index (χ1) is 6.99. The Kier molecular flexibility index (Phi) is 6.99. The zero-order valence-corrected chi connectivity index (χ0v) is 11.6. The van der Waals surface area contributed by atoms with Crippen molar-refractivity contribution in [2.75, 3.05) is 18.6 Å². The zero-order chi connectivity index (χ0) is 12.0. The molecule has 0 radical (unpaired) electrons. The second-order valence-corrected chi connectivity index (χ2v) is 4.29. The Labute approximate surface area is 103 Å². The lowest BCUT2D eigenvalue weighted by Crippen LogP contribution is -2.47. The Bertz CT molecular complexity index is 251. The summed E-state index contributed by atoms with van der Waals surface area (Å²) in [4.78, 5) is 12.5. The first kappa shape index (κ1) is 14.8. The maximum atomic E-state index is 11.5. The largest absolute Gasteiger partial charge is 0.352 e. The highest BCUT2D eigenvalue weighted by Gasteiger charge is 2.18. The van der Waals surface area contributed by atoms with Crippen molar-refractivity contribution in [1.29, 1.82) is 0 Å². The summed E-state index contributed by atoms with van der Waals surface area (Å²) in [5, 5.41) is 2.72. The van der Waals surface area contributed by atoms with Crippen LogP contribution in [-0.4, -0.2) is 34.7 Å². The third kappa shape index (κ3) is 4.02. The molecule has 15 heavy (non-hydrogen) atoms. The molecule has 2 amide bonds. The van der Waals surface area contributed by atoms with Gasteiger partial charge in [0, 0.05) is 23.0 Å². The highest BCUT2D eigenvalue weighted by molar-refractivity contribution is 9.09. The normalized spacial score (nSPS) is 12.1. The molecule has 0 atom stereocenters. The Hall–Kier alpha value is -0.240. The van der Waals surface area contributed by atoms with Crippen molar-refractivity contribution < 1.29 is 4.79 Å². The molecule has 0 aliphatic rings. The number of hydrogen-bond donors (Lipinski definition) is 2. The first-order valence-electron chi connectivity index (χ1n) is 4.38. The number of hydrazine groups is 2. The number of urea groups is 1. The van der Waals surface area contributed by atoms with Crippen LogP contribution in [0.25, 0.3) is 0 Å². The van der Waals surface area contributed by atoms with Gasteiger partial charge in [-0.3, -0.25) is 5.01 Å². The fourth-order valence-corrected chi connectivity index (χ4v) is 2.63. The lowest BCUT2D eigenvalue weighted by atomic mass is 10.3. The minimum atomic E-state index is -0.431. The lowest BCUT2D eigenvalue weighted by Gasteiger charge is -2.24. The van der Waals surface area contributed by atoms with Gasteiger partial charge in [0.15, 0.2) is 0 Å². The van der Waals surface area contributed by atoms with Gasteiger partial charge < -0.3 is 0 Å². The van der Waals surface area contributed by atoms with Crippen molar-refractivity contribution >= 4 is 33.7 Å². The molecule has 0 heterocycles. The summed E-state index contributed by atoms with van der Waals surface area (Å²) >= 11 is 4.91. The Balaban J connectivity index is 4.97. The van der Waals surface area contributed by atoms with Crippen molar-refractivity contribution in [3.8, 4) is 0 Å². The van der Waals surface area contributed by atoms with E-state index < -0.39 is 6.03 Å². The molecule has 0 aliphatic heterocycles. The van der Waals surface area contributed by atoms with Crippen LogP contribution < -0.4 is 11.7 Å². The fraction of sp³-hybridized carbons (Fsp3) is 0.625. The highest BCUT2D eigenvalue weighted by Crippen LogP contribution is 2.23. The molecule has 0 rings (SSSR count). The minimum Gasteiger partial charge on any atom is -0.264 e. The fourth-order valence-electron chi connectivity index (χ4n) is 1.04. The molecule has 4 N–H and O–H groups in total. The number of amides is 2. The summed E-state index contributed by atoms with van der Waals surface area (Å²) in [6.45, 7) is 1.94. The molecule has 0 aromatic carbocycles. The predicted molar refractivity (Wildman–Crippen MR) is 68.0 cm³/mol. The molecule has 0 fully saturated rings. The van der Waals surface area contributed by atoms with Crippen LogP contribution in [0.5, 0.6) is 0 Å². The first-order valence-corrected chi connectivity index (χ1v) is 6.73. The minimum absolute atomic E-state index is 0.431. The van der Waals surface area contributed by atoms with Crippen LogP contribution in [0.2, 0.25) is 0 Å². The summed E-state index contributed by atoms with van der Waals surface area (Å²) in [7, 11) is 1.46. The summed E-state index contributed by atoms with van der Waals surface area (Å²) in [6.07, 6.45) is 2.62. The van der Waals surface area contributed by atoms with Gasteiger partial charge in [-0.15, -0.1) is 11.8 Å². The second kappa shape index (κ2) is 7.10. The molecule has 5 nitrogen and oxygen atoms in total. The third-order valence-electron chi connectivity index (χ3n) is 1.82. The van der Waals surface area contributed by atoms with Gasteiger partial charge in [-0.05, 0) is 12.7 Å². The molecule has 0 aliphatic carbocycles. The third-order valence-corrected chi connectivity index (χ3v) is 3.63. The van der Waals surface area contributed by atoms with Gasteiger partial charge >= 0.3 is 6.03 Å². The lowest BCUT2D eigenvalue weighted by molar-refractivity contribution is 0.175. The standard InChI is InChI=1S/C8H17BrN4OS/c1-4-6(7(5-9)15-3)13(11)8(14)12(2)10/h4-5,10-11H2,1-3H3/b7-6+. The Morgan fingerprint density at radius 2 is 2.00 bits per heavy atom. The molecule has 0 spiro atoms. The molecule has 0 unspecified atom stereocenters. The van der Waals surface area contributed by atoms with E-state index in [2.05, 4.69) is 15.9 Å². The van der Waals surface area contributed by atoms with Crippen LogP contribution in [0.15, 0.2) is 10.6 Å². The predicted octanol–water partition coefficient (Wildman–Crippen LogP) is 1.47. The molecule has 7 heteroatoms. The number of nitrogens with zero attached hydrogens (tertiary/aromatic N) is 2. The average molecular weight is 297 g/mol. The average Bonchev–Trinajstić information content (AvgIpc) is 2.23. The van der Waals surface area contributed by atoms with Crippen LogP contribution in [0.3, 0.4) is 0 Å². The number of nitrogens with two attached hydrogens (primary N) is 2. The van der Waals surface area contributed by atoms with Crippen LogP contribution in [0.1, 0.15) is 13.3 Å². The van der Waals surface area contributed by atoms with E-state index in [1.807, 2.05) is 13.2 Å². The topological polar surface area (TPSA) is 75.6 Å². The van der Waals surface area contributed by atoms with Crippen molar-refractivity contribution in [3.63, 3.8) is 0 Å². The van der Waals surface area contributed by atoms with Gasteiger partial charge in [0.05, 0.1) is 0 Å². The summed E-state index contributed by atoms with van der Waals surface area (Å²) in [5.41, 5.74) is 0.779. The summed E-state index contributed by atoms with van der Waals surface area (Å²) < 4.78 is 0. The van der Waals surface area contributed by atoms with Crippen LogP contribution in [0.4, 0.5) is 4.79 Å². The van der Waals surface area contributed by atoms with Gasteiger partial charge in [0.2, 0.25) is 0 Å². The SMILES string of the molecule is CC/C(=C(/CBr)SC)N(N)C(=O)N(C)N. The Morgan fingerprint density at radius 3 is 2.27 bits per heavy atom. The Morgan fingerprint density at radius 1 is 1.47 bits per heavy atom. The maximum absolute atomic E-state index is 11.5. The van der Waals surface area contributed by atoms with Crippen LogP contribution in [0, 0.1) is 0 Å². The van der Waals surface area contributed by atoms with Crippen molar-refractivity contribution in [2.45, 2.75) is 13.3 Å². The van der Waals surface area contributed by atoms with E-state index in [0.29, 0.717) is 11.8 Å². The number of halogens is 1. The molecular weight excluding hydrogens is 280 g/mol. The molecule has 88 valence electrons. The summed E-state index contributed by atoms with van der Waals surface area (Å²) in [5.74, 6) is 11.0. The van der Waals surface area contributed by atoms with Gasteiger partial charge in [0.1, 0.15) is 0 Å². The number of rotatable bonds is 4. The van der Waals surface area contributed by atoms with E-state index in [0.717, 1.165) is 20.6 Å². The zero-order valence-electron chi connectivity index (χ0n) is 9.16. The quantitative estimate of drug-likeness (QED) is 0.356. The number of alkyl halides is 1. The monoisotopic (exact) mass is 296 g/mol. The van der Waals surface area contributed by atoms with E-state index >= 15 is 0 Å². The van der Waals surface area contributed by atoms with Crippen molar-refractivity contribution in [3.05, 3.63) is 10.6 Å². The number of hydrogen-bond acceptors (Lipinski definition) is 4. The van der Waals surface area contributed by atoms with E-state index in [9.17, 15) is 4.79 Å². The smallest absolute Gasteiger partial charge is 0.264 e. The molecular formula is C8H17BrN4OS. The van der Waals surface area contributed by atoms with E-state index in [4.69, 9.17) is 11.7 Å². The van der Waals surface area contributed by atoms with E-state index in [1.165, 1.54) is 7.05 Å². The molecule has 0 saturated carbocycles. The van der Waals surface area contributed by atoms with Gasteiger partial charge in [-0.1, -0.05) is 22.9 Å². The molecule has 0 aromatic rings. The van der Waals surface area contributed by atoms with Crippen LogP contribution in [-0.2, 0) is 0 Å². The van der Waals surface area contributed by atoms with Gasteiger partial charge in [-0.2, -0.15) is 0 Å². The van der Waals surface area contributed by atoms with Gasteiger partial charge in [-0.25, -0.2) is 21.5 Å². The molecule has 0 aromatic heterocycles. The van der Waals surface area contributed by atoms with Crippen LogP contribution >= 0.6 is 27.7 Å². The summed E-state index contributed by atoms with van der Waals surface area (Å²) in [6, 6.07) is -0.431. The van der Waals surface area contributed by atoms with E-state index in [-0.39, 0.29) is 0 Å². The number of thioether (sulfide) groups is 1. The number of allylic oxidation sites excluding steroid dienone is 2. The van der Waals surface area contributed by atoms with Crippen molar-refractivity contribution in [1.82, 2.24) is 10.0 Å².